The average Bonchev–Trinajstić information content (AvgIpc) is 2.66. The molecule has 0 spiro atoms. The van der Waals surface area contributed by atoms with Crippen molar-refractivity contribution < 1.29 is 13.2 Å². The molecule has 0 saturated carbocycles. The molecule has 1 aliphatic heterocycles. The SMILES string of the molecule is CC(c1cccc(Br)c1)N1CC(CS(=O)(=O)Cl)CC1=O. The van der Waals surface area contributed by atoms with Crippen molar-refractivity contribution in [3.63, 3.8) is 0 Å². The summed E-state index contributed by atoms with van der Waals surface area (Å²) in [4.78, 5) is 13.8. The van der Waals surface area contributed by atoms with Crippen LogP contribution in [0.2, 0.25) is 0 Å². The monoisotopic (exact) mass is 379 g/mol. The predicted octanol–water partition coefficient (Wildman–Crippen LogP) is 2.93. The van der Waals surface area contributed by atoms with Crippen LogP contribution in [0.1, 0.15) is 24.9 Å². The van der Waals surface area contributed by atoms with Gasteiger partial charge in [0.05, 0.1) is 11.8 Å². The number of rotatable bonds is 4. The molecule has 0 aromatic heterocycles. The fourth-order valence-corrected chi connectivity index (χ4v) is 4.26. The lowest BCUT2D eigenvalue weighted by Crippen LogP contribution is -2.29. The largest absolute Gasteiger partial charge is 0.336 e. The molecule has 1 aromatic carbocycles. The Morgan fingerprint density at radius 2 is 2.20 bits per heavy atom. The third kappa shape index (κ3) is 3.96. The smallest absolute Gasteiger partial charge is 0.232 e. The van der Waals surface area contributed by atoms with Crippen LogP contribution in [0.4, 0.5) is 0 Å². The average molecular weight is 381 g/mol. The second-order valence-electron chi connectivity index (χ2n) is 5.05. The van der Waals surface area contributed by atoms with Crippen molar-refractivity contribution >= 4 is 41.6 Å². The Balaban J connectivity index is 2.11. The number of halogens is 2. The minimum atomic E-state index is -3.57. The summed E-state index contributed by atoms with van der Waals surface area (Å²) in [6.07, 6.45) is 0.240. The first-order chi connectivity index (χ1) is 9.26. The predicted molar refractivity (Wildman–Crippen MR) is 82.0 cm³/mol. The molecule has 7 heteroatoms. The minimum Gasteiger partial charge on any atom is -0.336 e. The van der Waals surface area contributed by atoms with Gasteiger partial charge in [-0.2, -0.15) is 0 Å². The molecule has 1 fully saturated rings. The summed E-state index contributed by atoms with van der Waals surface area (Å²) >= 11 is 3.41. The van der Waals surface area contributed by atoms with Crippen molar-refractivity contribution in [2.24, 2.45) is 5.92 Å². The fraction of sp³-hybridized carbons (Fsp3) is 0.462. The van der Waals surface area contributed by atoms with Crippen LogP contribution in [0.25, 0.3) is 0 Å². The van der Waals surface area contributed by atoms with E-state index in [1.165, 1.54) is 0 Å². The van der Waals surface area contributed by atoms with Gasteiger partial charge >= 0.3 is 0 Å². The molecular formula is C13H15BrClNO3S. The highest BCUT2D eigenvalue weighted by molar-refractivity contribution is 9.10. The molecule has 0 bridgehead atoms. The molecule has 0 aliphatic carbocycles. The van der Waals surface area contributed by atoms with E-state index in [1.54, 1.807) is 4.90 Å². The second kappa shape index (κ2) is 6.03. The van der Waals surface area contributed by atoms with Gasteiger partial charge in [0.25, 0.3) is 0 Å². The van der Waals surface area contributed by atoms with Crippen LogP contribution >= 0.6 is 26.6 Å². The van der Waals surface area contributed by atoms with Gasteiger partial charge in [-0.05, 0) is 24.6 Å². The van der Waals surface area contributed by atoms with Crippen molar-refractivity contribution in [3.05, 3.63) is 34.3 Å². The maximum atomic E-state index is 12.0. The fourth-order valence-electron chi connectivity index (χ4n) is 2.52. The van der Waals surface area contributed by atoms with Crippen molar-refractivity contribution in [3.8, 4) is 0 Å². The second-order valence-corrected chi connectivity index (χ2v) is 8.79. The summed E-state index contributed by atoms with van der Waals surface area (Å²) in [7, 11) is 1.70. The zero-order chi connectivity index (χ0) is 14.9. The van der Waals surface area contributed by atoms with Crippen molar-refractivity contribution in [1.82, 2.24) is 4.90 Å². The highest BCUT2D eigenvalue weighted by Crippen LogP contribution is 2.30. The van der Waals surface area contributed by atoms with Crippen LogP contribution in [-0.4, -0.2) is 31.5 Å². The number of carbonyl (C=O) groups is 1. The van der Waals surface area contributed by atoms with E-state index < -0.39 is 9.05 Å². The first kappa shape index (κ1) is 15.8. The lowest BCUT2D eigenvalue weighted by Gasteiger charge is -2.25. The molecule has 4 nitrogen and oxygen atoms in total. The first-order valence-electron chi connectivity index (χ1n) is 6.23. The van der Waals surface area contributed by atoms with Crippen molar-refractivity contribution in [1.29, 1.82) is 0 Å². The summed E-state index contributed by atoms with van der Waals surface area (Å²) in [5, 5.41) is 0. The zero-order valence-electron chi connectivity index (χ0n) is 10.9. The Labute approximate surface area is 131 Å². The van der Waals surface area contributed by atoms with E-state index in [9.17, 15) is 13.2 Å². The van der Waals surface area contributed by atoms with Crippen LogP contribution in [0.15, 0.2) is 28.7 Å². The maximum Gasteiger partial charge on any atom is 0.232 e. The quantitative estimate of drug-likeness (QED) is 0.755. The molecule has 1 saturated heterocycles. The Kier molecular flexibility index (Phi) is 4.76. The molecule has 1 amide bonds. The number of carbonyl (C=O) groups excluding carboxylic acids is 1. The van der Waals surface area contributed by atoms with E-state index in [-0.39, 0.29) is 30.0 Å². The van der Waals surface area contributed by atoms with Crippen molar-refractivity contribution in [2.45, 2.75) is 19.4 Å². The van der Waals surface area contributed by atoms with Gasteiger partial charge in [0.1, 0.15) is 0 Å². The molecule has 110 valence electrons. The topological polar surface area (TPSA) is 54.5 Å². The van der Waals surface area contributed by atoms with Crippen LogP contribution < -0.4 is 0 Å². The van der Waals surface area contributed by atoms with Gasteiger partial charge in [-0.1, -0.05) is 28.1 Å². The van der Waals surface area contributed by atoms with Crippen LogP contribution in [-0.2, 0) is 13.8 Å². The number of amides is 1. The van der Waals surface area contributed by atoms with Gasteiger partial charge in [-0.3, -0.25) is 4.79 Å². The highest BCUT2D eigenvalue weighted by atomic mass is 79.9. The third-order valence-electron chi connectivity index (χ3n) is 3.47. The Hall–Kier alpha value is -0.590. The summed E-state index contributed by atoms with van der Waals surface area (Å²) in [6, 6.07) is 7.67. The summed E-state index contributed by atoms with van der Waals surface area (Å²) in [6.45, 7) is 2.37. The molecule has 1 aliphatic rings. The molecule has 2 rings (SSSR count). The van der Waals surface area contributed by atoms with Gasteiger partial charge in [-0.25, -0.2) is 8.42 Å². The van der Waals surface area contributed by atoms with Gasteiger partial charge in [0.15, 0.2) is 0 Å². The molecule has 1 heterocycles. The van der Waals surface area contributed by atoms with E-state index in [0.29, 0.717) is 6.54 Å². The molecular weight excluding hydrogens is 366 g/mol. The van der Waals surface area contributed by atoms with Gasteiger partial charge in [-0.15, -0.1) is 0 Å². The number of benzene rings is 1. The van der Waals surface area contributed by atoms with Crippen molar-refractivity contribution in [2.75, 3.05) is 12.3 Å². The standard InChI is InChI=1S/C13H15BrClNO3S/c1-9(11-3-2-4-12(14)6-11)16-7-10(5-13(16)17)8-20(15,18)19/h2-4,6,9-10H,5,7-8H2,1H3. The maximum absolute atomic E-state index is 12.0. The normalized spacial score (nSPS) is 21.2. The molecule has 1 aromatic rings. The van der Waals surface area contributed by atoms with Gasteiger partial charge in [0.2, 0.25) is 15.0 Å². The lowest BCUT2D eigenvalue weighted by molar-refractivity contribution is -0.129. The Morgan fingerprint density at radius 3 is 2.80 bits per heavy atom. The summed E-state index contributed by atoms with van der Waals surface area (Å²) in [5.41, 5.74) is 1.02. The highest BCUT2D eigenvalue weighted by Gasteiger charge is 2.35. The van der Waals surface area contributed by atoms with Crippen LogP contribution in [0, 0.1) is 5.92 Å². The van der Waals surface area contributed by atoms with E-state index in [1.807, 2.05) is 31.2 Å². The van der Waals surface area contributed by atoms with Crippen LogP contribution in [0.3, 0.4) is 0 Å². The molecule has 2 unspecified atom stereocenters. The summed E-state index contributed by atoms with van der Waals surface area (Å²) in [5.74, 6) is -0.399. The lowest BCUT2D eigenvalue weighted by atomic mass is 10.1. The third-order valence-corrected chi connectivity index (χ3v) is 5.21. The number of nitrogens with zero attached hydrogens (tertiary/aromatic N) is 1. The zero-order valence-corrected chi connectivity index (χ0v) is 14.1. The Bertz CT molecular complexity index is 620. The summed E-state index contributed by atoms with van der Waals surface area (Å²) < 4.78 is 23.2. The van der Waals surface area contributed by atoms with Crippen LogP contribution in [0.5, 0.6) is 0 Å². The number of likely N-dealkylation sites (tertiary alicyclic amines) is 1. The molecule has 0 radical (unpaired) electrons. The van der Waals surface area contributed by atoms with Gasteiger partial charge < -0.3 is 4.90 Å². The molecule has 20 heavy (non-hydrogen) atoms. The number of hydrogen-bond donors (Lipinski definition) is 0. The first-order valence-corrected chi connectivity index (χ1v) is 9.50. The number of hydrogen-bond acceptors (Lipinski definition) is 3. The van der Waals surface area contributed by atoms with Gasteiger partial charge in [0, 0.05) is 34.0 Å². The van der Waals surface area contributed by atoms with E-state index in [4.69, 9.17) is 10.7 Å². The molecule has 2 atom stereocenters. The van der Waals surface area contributed by atoms with E-state index in [0.717, 1.165) is 10.0 Å². The van der Waals surface area contributed by atoms with E-state index in [2.05, 4.69) is 15.9 Å². The minimum absolute atomic E-state index is 0.0252. The molecule has 0 N–H and O–H groups in total. The Morgan fingerprint density at radius 1 is 1.50 bits per heavy atom. The van der Waals surface area contributed by atoms with E-state index >= 15 is 0 Å².